The quantitative estimate of drug-likeness (QED) is 0.625. The van der Waals surface area contributed by atoms with E-state index in [4.69, 9.17) is 11.6 Å². The van der Waals surface area contributed by atoms with Gasteiger partial charge in [0.2, 0.25) is 5.91 Å². The first kappa shape index (κ1) is 18.8. The number of amides is 2. The highest BCUT2D eigenvalue weighted by Gasteiger charge is 2.20. The number of carbonyl (C=O) groups is 2. The fourth-order valence-electron chi connectivity index (χ4n) is 2.99. The topological polar surface area (TPSA) is 92.6 Å². The van der Waals surface area contributed by atoms with E-state index in [1.54, 1.807) is 4.90 Å². The summed E-state index contributed by atoms with van der Waals surface area (Å²) >= 11 is 5.98. The van der Waals surface area contributed by atoms with Crippen molar-refractivity contribution in [2.75, 3.05) is 11.4 Å². The molecule has 2 aromatic rings. The third kappa shape index (κ3) is 4.43. The molecule has 0 unspecified atom stereocenters. The summed E-state index contributed by atoms with van der Waals surface area (Å²) in [6.07, 6.45) is 2.45. The normalized spacial score (nSPS) is 14.1. The molecule has 1 aliphatic rings. The smallest absolute Gasteiger partial charge is 0.270 e. The lowest BCUT2D eigenvalue weighted by Crippen LogP contribution is -2.35. The van der Waals surface area contributed by atoms with Crippen LogP contribution >= 0.6 is 11.6 Å². The molecule has 1 N–H and O–H groups in total. The molecule has 0 saturated carbocycles. The van der Waals surface area contributed by atoms with E-state index < -0.39 is 10.8 Å². The molecular weight excluding hydrogens is 370 g/mol. The van der Waals surface area contributed by atoms with Crippen molar-refractivity contribution < 1.29 is 14.5 Å². The van der Waals surface area contributed by atoms with E-state index in [0.29, 0.717) is 13.0 Å². The number of anilines is 1. The first-order chi connectivity index (χ1) is 13.0. The lowest BCUT2D eigenvalue weighted by molar-refractivity contribution is -0.384. The van der Waals surface area contributed by atoms with E-state index in [-0.39, 0.29) is 28.7 Å². The summed E-state index contributed by atoms with van der Waals surface area (Å²) in [5, 5.41) is 13.5. The second-order valence-corrected chi connectivity index (χ2v) is 6.68. The van der Waals surface area contributed by atoms with Crippen LogP contribution in [0.15, 0.2) is 42.5 Å². The zero-order chi connectivity index (χ0) is 19.4. The van der Waals surface area contributed by atoms with Crippen LogP contribution in [0.2, 0.25) is 5.02 Å². The molecular formula is C19H18ClN3O4. The van der Waals surface area contributed by atoms with Crippen LogP contribution in [0.1, 0.15) is 35.2 Å². The zero-order valence-corrected chi connectivity index (χ0v) is 15.2. The number of benzene rings is 2. The van der Waals surface area contributed by atoms with E-state index in [0.717, 1.165) is 30.2 Å². The molecule has 8 heteroatoms. The predicted molar refractivity (Wildman–Crippen MR) is 102 cm³/mol. The Kier molecular flexibility index (Phi) is 5.71. The Labute approximate surface area is 161 Å². The number of piperidine rings is 1. The Morgan fingerprint density at radius 1 is 1.22 bits per heavy atom. The van der Waals surface area contributed by atoms with Crippen molar-refractivity contribution in [2.24, 2.45) is 0 Å². The Morgan fingerprint density at radius 2 is 2.04 bits per heavy atom. The summed E-state index contributed by atoms with van der Waals surface area (Å²) in [7, 11) is 0. The lowest BCUT2D eigenvalue weighted by Gasteiger charge is -2.27. The van der Waals surface area contributed by atoms with E-state index in [2.05, 4.69) is 5.32 Å². The fourth-order valence-corrected chi connectivity index (χ4v) is 3.25. The monoisotopic (exact) mass is 387 g/mol. The minimum atomic E-state index is -0.569. The van der Waals surface area contributed by atoms with Gasteiger partial charge in [-0.3, -0.25) is 19.7 Å². The number of nitrogens with zero attached hydrogens (tertiary/aromatic N) is 2. The van der Waals surface area contributed by atoms with Crippen molar-refractivity contribution in [1.29, 1.82) is 0 Å². The minimum absolute atomic E-state index is 0.0226. The van der Waals surface area contributed by atoms with Gasteiger partial charge in [0.15, 0.2) is 0 Å². The molecule has 0 aliphatic carbocycles. The maximum atomic E-state index is 12.3. The Balaban J connectivity index is 1.68. The van der Waals surface area contributed by atoms with Crippen LogP contribution in [0.25, 0.3) is 0 Å². The second kappa shape index (κ2) is 8.18. The second-order valence-electron chi connectivity index (χ2n) is 6.28. The van der Waals surface area contributed by atoms with E-state index in [1.165, 1.54) is 12.1 Å². The van der Waals surface area contributed by atoms with Crippen LogP contribution in [-0.4, -0.2) is 23.3 Å². The summed E-state index contributed by atoms with van der Waals surface area (Å²) in [6, 6.07) is 11.2. The maximum absolute atomic E-state index is 12.3. The van der Waals surface area contributed by atoms with Gasteiger partial charge in [-0.15, -0.1) is 0 Å². The standard InChI is InChI=1S/C19H18ClN3O4/c20-17-11-15(23(26)27)7-8-16(17)19(25)21-12-13-4-3-5-14(10-13)22-9-2-1-6-18(22)24/h3-5,7-8,10-11H,1-2,6,9,12H2,(H,21,25). The van der Waals surface area contributed by atoms with Crippen LogP contribution in [0.3, 0.4) is 0 Å². The molecule has 0 spiro atoms. The number of nitro benzene ring substituents is 1. The van der Waals surface area contributed by atoms with Crippen molar-refractivity contribution in [3.63, 3.8) is 0 Å². The van der Waals surface area contributed by atoms with Gasteiger partial charge in [-0.2, -0.15) is 0 Å². The predicted octanol–water partition coefficient (Wildman–Crippen LogP) is 3.70. The molecule has 0 radical (unpaired) electrons. The highest BCUT2D eigenvalue weighted by Crippen LogP contribution is 2.24. The van der Waals surface area contributed by atoms with Crippen molar-refractivity contribution in [3.05, 3.63) is 68.7 Å². The zero-order valence-electron chi connectivity index (χ0n) is 14.5. The van der Waals surface area contributed by atoms with Crippen LogP contribution in [-0.2, 0) is 11.3 Å². The first-order valence-electron chi connectivity index (χ1n) is 8.57. The third-order valence-corrected chi connectivity index (χ3v) is 4.72. The molecule has 140 valence electrons. The van der Waals surface area contributed by atoms with Crippen LogP contribution in [0.4, 0.5) is 11.4 Å². The van der Waals surface area contributed by atoms with Gasteiger partial charge in [0.25, 0.3) is 11.6 Å². The number of halogens is 1. The molecule has 0 atom stereocenters. The van der Waals surface area contributed by atoms with Gasteiger partial charge >= 0.3 is 0 Å². The van der Waals surface area contributed by atoms with Gasteiger partial charge in [-0.25, -0.2) is 0 Å². The van der Waals surface area contributed by atoms with Gasteiger partial charge in [-0.1, -0.05) is 23.7 Å². The van der Waals surface area contributed by atoms with E-state index >= 15 is 0 Å². The summed E-state index contributed by atoms with van der Waals surface area (Å²) in [5.74, 6) is -0.311. The highest BCUT2D eigenvalue weighted by molar-refractivity contribution is 6.34. The number of rotatable bonds is 5. The molecule has 7 nitrogen and oxygen atoms in total. The third-order valence-electron chi connectivity index (χ3n) is 4.41. The molecule has 27 heavy (non-hydrogen) atoms. The number of hydrogen-bond acceptors (Lipinski definition) is 4. The molecule has 1 heterocycles. The summed E-state index contributed by atoms with van der Waals surface area (Å²) in [4.78, 5) is 36.3. The van der Waals surface area contributed by atoms with Gasteiger partial charge in [0, 0.05) is 37.3 Å². The number of hydrogen-bond donors (Lipinski definition) is 1. The van der Waals surface area contributed by atoms with Crippen molar-refractivity contribution in [2.45, 2.75) is 25.8 Å². The SMILES string of the molecule is O=C(NCc1cccc(N2CCCCC2=O)c1)c1ccc([N+](=O)[O-])cc1Cl. The maximum Gasteiger partial charge on any atom is 0.270 e. The number of carbonyl (C=O) groups excluding carboxylic acids is 2. The molecule has 3 rings (SSSR count). The largest absolute Gasteiger partial charge is 0.348 e. The van der Waals surface area contributed by atoms with Gasteiger partial charge < -0.3 is 10.2 Å². The molecule has 1 saturated heterocycles. The van der Waals surface area contributed by atoms with Crippen molar-refractivity contribution in [1.82, 2.24) is 5.32 Å². The van der Waals surface area contributed by atoms with Gasteiger partial charge in [0.05, 0.1) is 15.5 Å². The Hall–Kier alpha value is -2.93. The summed E-state index contributed by atoms with van der Waals surface area (Å²) < 4.78 is 0. The lowest BCUT2D eigenvalue weighted by atomic mass is 10.1. The summed E-state index contributed by atoms with van der Waals surface area (Å²) in [6.45, 7) is 0.953. The van der Waals surface area contributed by atoms with Crippen LogP contribution in [0.5, 0.6) is 0 Å². The molecule has 1 aliphatic heterocycles. The van der Waals surface area contributed by atoms with Gasteiger partial charge in [-0.05, 0) is 36.6 Å². The summed E-state index contributed by atoms with van der Waals surface area (Å²) in [5.41, 5.74) is 1.66. The fraction of sp³-hybridized carbons (Fsp3) is 0.263. The van der Waals surface area contributed by atoms with Gasteiger partial charge in [0.1, 0.15) is 0 Å². The van der Waals surface area contributed by atoms with Crippen LogP contribution < -0.4 is 10.2 Å². The average molecular weight is 388 g/mol. The minimum Gasteiger partial charge on any atom is -0.348 e. The Morgan fingerprint density at radius 3 is 2.74 bits per heavy atom. The molecule has 1 fully saturated rings. The van der Waals surface area contributed by atoms with Crippen molar-refractivity contribution >= 4 is 34.8 Å². The average Bonchev–Trinajstić information content (AvgIpc) is 2.66. The molecule has 0 bridgehead atoms. The van der Waals surface area contributed by atoms with E-state index in [9.17, 15) is 19.7 Å². The molecule has 2 aromatic carbocycles. The van der Waals surface area contributed by atoms with Crippen LogP contribution in [0, 0.1) is 10.1 Å². The van der Waals surface area contributed by atoms with E-state index in [1.807, 2.05) is 24.3 Å². The number of nitro groups is 1. The highest BCUT2D eigenvalue weighted by atomic mass is 35.5. The first-order valence-corrected chi connectivity index (χ1v) is 8.95. The molecule has 2 amide bonds. The Bertz CT molecular complexity index is 900. The van der Waals surface area contributed by atoms with Crippen molar-refractivity contribution in [3.8, 4) is 0 Å². The number of nitrogens with one attached hydrogen (secondary N) is 1. The number of non-ortho nitro benzene ring substituents is 1. The molecule has 0 aromatic heterocycles.